The number of benzene rings is 2. The van der Waals surface area contributed by atoms with Gasteiger partial charge in [-0.05, 0) is 72.8 Å². The third-order valence-electron chi connectivity index (χ3n) is 5.90. The molecule has 8 nitrogen and oxygen atoms in total. The molecule has 0 saturated heterocycles. The lowest BCUT2D eigenvalue weighted by Gasteiger charge is -2.36. The molecule has 4 heterocycles. The Kier molecular flexibility index (Phi) is 7.69. The first-order chi connectivity index (χ1) is 20.0. The van der Waals surface area contributed by atoms with E-state index < -0.39 is 0 Å². The van der Waals surface area contributed by atoms with Crippen LogP contribution in [0.4, 0.5) is 23.0 Å². The van der Waals surface area contributed by atoms with Crippen molar-refractivity contribution in [3.05, 3.63) is 131 Å². The average Bonchev–Trinajstić information content (AvgIpc) is 3.02. The maximum absolute atomic E-state index is 6.28. The lowest BCUT2D eigenvalue weighted by atomic mass is 10.2. The molecule has 11 heteroatoms. The van der Waals surface area contributed by atoms with Gasteiger partial charge in [0.15, 0.2) is 23.3 Å². The maximum atomic E-state index is 6.28. The first-order valence-electron chi connectivity index (χ1n) is 12.4. The number of rotatable bonds is 7. The monoisotopic (exact) mass is 596 g/mol. The van der Waals surface area contributed by atoms with Gasteiger partial charge in [-0.25, -0.2) is 34.9 Å². The lowest BCUT2D eigenvalue weighted by Crippen LogP contribution is -2.37. The SMILES string of the molecule is Clc1ccc(N(c2ccnc(-c3ccccn3)n2)N(c2ccc(Cl)cc2)c2ccnc(-c3cccc(Cl)n3)n2)cc1. The van der Waals surface area contributed by atoms with Crippen LogP contribution in [-0.4, -0.2) is 29.9 Å². The van der Waals surface area contributed by atoms with Gasteiger partial charge in [-0.15, -0.1) is 0 Å². The van der Waals surface area contributed by atoms with Crippen molar-refractivity contribution in [3.8, 4) is 23.0 Å². The predicted octanol–water partition coefficient (Wildman–Crippen LogP) is 8.24. The average molecular weight is 598 g/mol. The second kappa shape index (κ2) is 11.9. The minimum Gasteiger partial charge on any atom is -0.253 e. The first kappa shape index (κ1) is 26.6. The molecule has 200 valence electrons. The molecule has 6 aromatic rings. The summed E-state index contributed by atoms with van der Waals surface area (Å²) in [6.45, 7) is 0. The summed E-state index contributed by atoms with van der Waals surface area (Å²) in [5.74, 6) is 1.95. The Bertz CT molecular complexity index is 1790. The second-order valence-corrected chi connectivity index (χ2v) is 9.87. The molecule has 41 heavy (non-hydrogen) atoms. The minimum atomic E-state index is 0.344. The molecule has 0 saturated carbocycles. The third-order valence-corrected chi connectivity index (χ3v) is 6.61. The molecule has 0 unspecified atom stereocenters. The number of hydrazine groups is 1. The van der Waals surface area contributed by atoms with Crippen molar-refractivity contribution in [3.63, 3.8) is 0 Å². The Labute approximate surface area is 250 Å². The van der Waals surface area contributed by atoms with Crippen molar-refractivity contribution in [2.24, 2.45) is 0 Å². The summed E-state index contributed by atoms with van der Waals surface area (Å²) >= 11 is 18.7. The summed E-state index contributed by atoms with van der Waals surface area (Å²) in [6, 6.07) is 29.3. The van der Waals surface area contributed by atoms with Gasteiger partial charge in [0.25, 0.3) is 0 Å². The van der Waals surface area contributed by atoms with E-state index in [0.29, 0.717) is 49.9 Å². The highest BCUT2D eigenvalue weighted by Gasteiger charge is 2.25. The van der Waals surface area contributed by atoms with Gasteiger partial charge >= 0.3 is 0 Å². The van der Waals surface area contributed by atoms with Crippen LogP contribution >= 0.6 is 34.8 Å². The number of pyridine rings is 2. The highest BCUT2D eigenvalue weighted by Crippen LogP contribution is 2.36. The molecular formula is C30H19Cl3N8. The van der Waals surface area contributed by atoms with E-state index in [-0.39, 0.29) is 0 Å². The normalized spacial score (nSPS) is 10.8. The van der Waals surface area contributed by atoms with Crippen LogP contribution < -0.4 is 10.0 Å². The van der Waals surface area contributed by atoms with E-state index in [4.69, 9.17) is 44.8 Å². The summed E-state index contributed by atoms with van der Waals surface area (Å²) in [7, 11) is 0. The zero-order chi connectivity index (χ0) is 28.2. The molecule has 0 N–H and O–H groups in total. The number of nitrogens with zero attached hydrogens (tertiary/aromatic N) is 8. The van der Waals surface area contributed by atoms with Gasteiger partial charge in [0.05, 0.1) is 11.4 Å². The van der Waals surface area contributed by atoms with E-state index in [2.05, 4.69) is 19.9 Å². The Balaban J connectivity index is 1.57. The third kappa shape index (κ3) is 5.95. The maximum Gasteiger partial charge on any atom is 0.180 e. The molecule has 2 aromatic carbocycles. The van der Waals surface area contributed by atoms with E-state index >= 15 is 0 Å². The number of hydrogen-bond donors (Lipinski definition) is 0. The zero-order valence-corrected chi connectivity index (χ0v) is 23.4. The fourth-order valence-electron chi connectivity index (χ4n) is 4.07. The van der Waals surface area contributed by atoms with Crippen molar-refractivity contribution >= 4 is 57.8 Å². The molecule has 0 fully saturated rings. The Morgan fingerprint density at radius 2 is 0.976 bits per heavy atom. The number of aromatic nitrogens is 6. The van der Waals surface area contributed by atoms with Crippen molar-refractivity contribution < 1.29 is 0 Å². The molecule has 0 bridgehead atoms. The Morgan fingerprint density at radius 1 is 0.439 bits per heavy atom. The van der Waals surface area contributed by atoms with E-state index in [0.717, 1.165) is 11.4 Å². The van der Waals surface area contributed by atoms with Crippen molar-refractivity contribution in [2.45, 2.75) is 0 Å². The molecule has 0 amide bonds. The van der Waals surface area contributed by atoms with Gasteiger partial charge in [-0.1, -0.05) is 46.9 Å². The van der Waals surface area contributed by atoms with Crippen LogP contribution in [-0.2, 0) is 0 Å². The standard InChI is InChI=1S/C30H19Cl3N8/c31-20-7-11-22(12-8-20)40(27-15-18-35-29(38-27)24-4-1-2-17-34-24)41(23-13-9-21(32)10-14-23)28-16-19-36-30(39-28)25-5-3-6-26(33)37-25/h1-19H. The number of anilines is 4. The van der Waals surface area contributed by atoms with Crippen LogP contribution in [0.3, 0.4) is 0 Å². The lowest BCUT2D eigenvalue weighted by molar-refractivity contribution is 0.923. The molecule has 0 radical (unpaired) electrons. The van der Waals surface area contributed by atoms with Crippen LogP contribution in [0.5, 0.6) is 0 Å². The van der Waals surface area contributed by atoms with E-state index in [1.54, 1.807) is 42.9 Å². The van der Waals surface area contributed by atoms with Crippen molar-refractivity contribution in [1.82, 2.24) is 29.9 Å². The van der Waals surface area contributed by atoms with Crippen molar-refractivity contribution in [1.29, 1.82) is 0 Å². The molecule has 0 aliphatic carbocycles. The summed E-state index contributed by atoms with van der Waals surface area (Å²) in [5, 5.41) is 5.35. The predicted molar refractivity (Wildman–Crippen MR) is 163 cm³/mol. The van der Waals surface area contributed by atoms with Gasteiger partial charge in [-0.2, -0.15) is 0 Å². The molecule has 0 aliphatic heterocycles. The molecule has 4 aromatic heterocycles. The second-order valence-electron chi connectivity index (χ2n) is 8.61. The number of halogens is 3. The van der Waals surface area contributed by atoms with Gasteiger partial charge < -0.3 is 0 Å². The summed E-state index contributed by atoms with van der Waals surface area (Å²) in [5.41, 5.74) is 2.69. The highest BCUT2D eigenvalue weighted by atomic mass is 35.5. The fraction of sp³-hybridized carbons (Fsp3) is 0. The fourth-order valence-corrected chi connectivity index (χ4v) is 4.49. The van der Waals surface area contributed by atoms with Gasteiger partial charge in [-0.3, -0.25) is 4.98 Å². The van der Waals surface area contributed by atoms with Gasteiger partial charge in [0.1, 0.15) is 16.5 Å². The smallest absolute Gasteiger partial charge is 0.180 e. The molecule has 0 spiro atoms. The van der Waals surface area contributed by atoms with E-state index in [1.165, 1.54) is 0 Å². The van der Waals surface area contributed by atoms with E-state index in [1.807, 2.05) is 82.8 Å². The molecule has 6 rings (SSSR count). The zero-order valence-electron chi connectivity index (χ0n) is 21.2. The van der Waals surface area contributed by atoms with Crippen LogP contribution in [0.1, 0.15) is 0 Å². The quantitative estimate of drug-likeness (QED) is 0.134. The molecule has 0 aliphatic rings. The minimum absolute atomic E-state index is 0.344. The largest absolute Gasteiger partial charge is 0.253 e. The molecular weight excluding hydrogens is 579 g/mol. The summed E-state index contributed by atoms with van der Waals surface area (Å²) in [4.78, 5) is 27.6. The topological polar surface area (TPSA) is 83.8 Å². The Hall–Kier alpha value is -4.63. The first-order valence-corrected chi connectivity index (χ1v) is 13.5. The van der Waals surface area contributed by atoms with Crippen LogP contribution in [0.25, 0.3) is 23.0 Å². The van der Waals surface area contributed by atoms with Gasteiger partial charge in [0.2, 0.25) is 0 Å². The van der Waals surface area contributed by atoms with Crippen LogP contribution in [0, 0.1) is 0 Å². The number of hydrogen-bond acceptors (Lipinski definition) is 8. The molecule has 0 atom stereocenters. The Morgan fingerprint density at radius 3 is 1.49 bits per heavy atom. The van der Waals surface area contributed by atoms with Crippen molar-refractivity contribution in [2.75, 3.05) is 10.0 Å². The van der Waals surface area contributed by atoms with Crippen LogP contribution in [0.15, 0.2) is 116 Å². The van der Waals surface area contributed by atoms with Crippen LogP contribution in [0.2, 0.25) is 15.2 Å². The summed E-state index contributed by atoms with van der Waals surface area (Å²) in [6.07, 6.45) is 5.06. The van der Waals surface area contributed by atoms with Gasteiger partial charge in [0, 0.05) is 40.8 Å². The van der Waals surface area contributed by atoms with E-state index in [9.17, 15) is 0 Å². The highest BCUT2D eigenvalue weighted by molar-refractivity contribution is 6.31. The summed E-state index contributed by atoms with van der Waals surface area (Å²) < 4.78 is 0.